The van der Waals surface area contributed by atoms with Crippen LogP contribution in [0.5, 0.6) is 11.5 Å². The molecule has 142 valence electrons. The van der Waals surface area contributed by atoms with Crippen LogP contribution < -0.4 is 25.3 Å². The zero-order valence-corrected chi connectivity index (χ0v) is 15.0. The summed E-state index contributed by atoms with van der Waals surface area (Å²) in [4.78, 5) is 22.4. The van der Waals surface area contributed by atoms with Gasteiger partial charge in [0.1, 0.15) is 18.1 Å². The zero-order chi connectivity index (χ0) is 19.6. The molecular weight excluding hydrogens is 350 g/mol. The van der Waals surface area contributed by atoms with Crippen LogP contribution in [-0.4, -0.2) is 37.8 Å². The zero-order valence-electron chi connectivity index (χ0n) is 15.0. The Kier molecular flexibility index (Phi) is 7.18. The minimum absolute atomic E-state index is 0.0198. The molecule has 2 N–H and O–H groups in total. The Labute approximate surface area is 156 Å². The fraction of sp³-hybridized carbons (Fsp3) is 0.211. The number of carboxylic acids is 1. The number of hydrogen-bond donors (Lipinski definition) is 2. The first-order chi connectivity index (χ1) is 13.0. The second kappa shape index (κ2) is 9.81. The number of carbonyl (C=O) groups is 2. The highest BCUT2D eigenvalue weighted by molar-refractivity contribution is 5.99. The molecule has 0 aliphatic carbocycles. The quantitative estimate of drug-likeness (QED) is 0.498. The maximum atomic E-state index is 12.0. The summed E-state index contributed by atoms with van der Waals surface area (Å²) in [5, 5.41) is 17.5. The molecule has 0 aliphatic heterocycles. The molecule has 2 aromatic rings. The molecule has 8 heteroatoms. The van der Waals surface area contributed by atoms with Crippen LogP contribution in [0.15, 0.2) is 53.6 Å². The number of nitrogens with zero attached hydrogens (tertiary/aromatic N) is 1. The van der Waals surface area contributed by atoms with E-state index in [1.165, 1.54) is 0 Å². The van der Waals surface area contributed by atoms with Crippen molar-refractivity contribution in [2.75, 3.05) is 25.6 Å². The Morgan fingerprint density at radius 1 is 1.15 bits per heavy atom. The van der Waals surface area contributed by atoms with Gasteiger partial charge in [-0.05, 0) is 31.2 Å². The van der Waals surface area contributed by atoms with Crippen molar-refractivity contribution in [3.8, 4) is 11.5 Å². The summed E-state index contributed by atoms with van der Waals surface area (Å²) < 4.78 is 10.3. The van der Waals surface area contributed by atoms with Crippen molar-refractivity contribution < 1.29 is 24.2 Å². The number of methoxy groups -OCH3 is 1. The third kappa shape index (κ3) is 6.35. The molecule has 0 bridgehead atoms. The van der Waals surface area contributed by atoms with E-state index >= 15 is 0 Å². The summed E-state index contributed by atoms with van der Waals surface area (Å²) in [5.74, 6) is -0.626. The Balaban J connectivity index is 1.91. The van der Waals surface area contributed by atoms with Crippen LogP contribution in [0, 0.1) is 0 Å². The largest absolute Gasteiger partial charge is 0.546 e. The van der Waals surface area contributed by atoms with Gasteiger partial charge in [0.15, 0.2) is 0 Å². The Hall–Kier alpha value is -3.55. The van der Waals surface area contributed by atoms with E-state index in [2.05, 4.69) is 15.8 Å². The lowest BCUT2D eigenvalue weighted by Crippen LogP contribution is -2.29. The number of carbonyl (C=O) groups excluding carboxylic acids is 2. The predicted molar refractivity (Wildman–Crippen MR) is 98.8 cm³/mol. The number of hydrogen-bond acceptors (Lipinski definition) is 7. The van der Waals surface area contributed by atoms with Gasteiger partial charge in [0.2, 0.25) is 0 Å². The number of aliphatic carboxylic acids is 1. The van der Waals surface area contributed by atoms with Gasteiger partial charge in [-0.25, -0.2) is 5.43 Å². The molecular formula is C19H20N3O5-. The number of ether oxygens (including phenoxy) is 2. The number of benzene rings is 2. The van der Waals surface area contributed by atoms with E-state index in [9.17, 15) is 14.7 Å². The van der Waals surface area contributed by atoms with Gasteiger partial charge in [-0.2, -0.15) is 5.10 Å². The highest BCUT2D eigenvalue weighted by Crippen LogP contribution is 2.22. The van der Waals surface area contributed by atoms with Crippen LogP contribution in [0.3, 0.4) is 0 Å². The second-order valence-corrected chi connectivity index (χ2v) is 5.47. The summed E-state index contributed by atoms with van der Waals surface area (Å²) in [6.07, 6.45) is 0. The lowest BCUT2D eigenvalue weighted by molar-refractivity contribution is -0.307. The van der Waals surface area contributed by atoms with Crippen molar-refractivity contribution in [1.29, 1.82) is 0 Å². The molecule has 2 rings (SSSR count). The minimum atomic E-state index is -1.30. The van der Waals surface area contributed by atoms with Crippen LogP contribution in [0.1, 0.15) is 12.5 Å². The number of para-hydroxylation sites is 2. The first kappa shape index (κ1) is 19.8. The van der Waals surface area contributed by atoms with Gasteiger partial charge in [0, 0.05) is 5.56 Å². The second-order valence-electron chi connectivity index (χ2n) is 5.47. The Morgan fingerprint density at radius 3 is 2.67 bits per heavy atom. The van der Waals surface area contributed by atoms with Crippen molar-refractivity contribution in [3.05, 3.63) is 54.1 Å². The van der Waals surface area contributed by atoms with Gasteiger partial charge in [-0.15, -0.1) is 0 Å². The molecule has 8 nitrogen and oxygen atoms in total. The van der Waals surface area contributed by atoms with Gasteiger partial charge in [-0.1, -0.05) is 24.3 Å². The molecule has 0 fully saturated rings. The number of rotatable bonds is 9. The van der Waals surface area contributed by atoms with Gasteiger partial charge in [0.25, 0.3) is 5.91 Å². The molecule has 0 atom stereocenters. The highest BCUT2D eigenvalue weighted by atomic mass is 16.5. The Morgan fingerprint density at radius 2 is 1.93 bits per heavy atom. The number of carboxylic acid groups (broad SMARTS) is 1. The van der Waals surface area contributed by atoms with Gasteiger partial charge in [0.05, 0.1) is 31.0 Å². The topological polar surface area (TPSA) is 112 Å². The van der Waals surface area contributed by atoms with E-state index in [0.717, 1.165) is 0 Å². The molecule has 0 radical (unpaired) electrons. The van der Waals surface area contributed by atoms with E-state index in [1.807, 2.05) is 12.1 Å². The summed E-state index contributed by atoms with van der Waals surface area (Å²) in [6, 6.07) is 14.0. The highest BCUT2D eigenvalue weighted by Gasteiger charge is 2.05. The standard InChI is InChI=1S/C19H21N3O5/c1-13(14-6-5-7-15(10-14)27-12-19(24)25)21-22-18(23)11-20-16-8-3-4-9-17(16)26-2/h3-10,20H,11-12H2,1-2H3,(H,22,23)(H,24,25)/p-1/b21-13-. The lowest BCUT2D eigenvalue weighted by atomic mass is 10.1. The van der Waals surface area contributed by atoms with E-state index < -0.39 is 12.6 Å². The summed E-state index contributed by atoms with van der Waals surface area (Å²) >= 11 is 0. The lowest BCUT2D eigenvalue weighted by Gasteiger charge is -2.10. The van der Waals surface area contributed by atoms with Crippen molar-refractivity contribution in [1.82, 2.24) is 5.43 Å². The molecule has 2 aromatic carbocycles. The maximum absolute atomic E-state index is 12.0. The first-order valence-corrected chi connectivity index (χ1v) is 8.12. The van der Waals surface area contributed by atoms with Gasteiger partial charge in [-0.3, -0.25) is 4.79 Å². The predicted octanol–water partition coefficient (Wildman–Crippen LogP) is 0.776. The molecule has 0 aromatic heterocycles. The molecule has 0 heterocycles. The number of nitrogens with one attached hydrogen (secondary N) is 2. The summed E-state index contributed by atoms with van der Waals surface area (Å²) in [5.41, 5.74) is 4.39. The van der Waals surface area contributed by atoms with Crippen LogP contribution in [0.25, 0.3) is 0 Å². The third-order valence-corrected chi connectivity index (χ3v) is 3.50. The monoisotopic (exact) mass is 370 g/mol. The number of hydrazone groups is 1. The molecule has 0 aliphatic rings. The number of amides is 1. The Bertz CT molecular complexity index is 836. The fourth-order valence-electron chi connectivity index (χ4n) is 2.17. The van der Waals surface area contributed by atoms with Gasteiger partial charge < -0.3 is 24.7 Å². The first-order valence-electron chi connectivity index (χ1n) is 8.12. The maximum Gasteiger partial charge on any atom is 0.259 e. The SMILES string of the molecule is COc1ccccc1NCC(=O)N/N=C(/C)c1cccc(OCC(=O)[O-])c1. The average molecular weight is 370 g/mol. The molecule has 0 spiro atoms. The van der Waals surface area contributed by atoms with Crippen molar-refractivity contribution in [3.63, 3.8) is 0 Å². The molecule has 1 amide bonds. The fourth-order valence-corrected chi connectivity index (χ4v) is 2.17. The van der Waals surface area contributed by atoms with E-state index in [0.29, 0.717) is 28.5 Å². The van der Waals surface area contributed by atoms with Crippen LogP contribution in [0.4, 0.5) is 5.69 Å². The van der Waals surface area contributed by atoms with Crippen LogP contribution >= 0.6 is 0 Å². The third-order valence-electron chi connectivity index (χ3n) is 3.50. The van der Waals surface area contributed by atoms with E-state index in [1.54, 1.807) is 50.4 Å². The van der Waals surface area contributed by atoms with E-state index in [4.69, 9.17) is 9.47 Å². The van der Waals surface area contributed by atoms with E-state index in [-0.39, 0.29) is 12.5 Å². The minimum Gasteiger partial charge on any atom is -0.546 e. The number of anilines is 1. The molecule has 0 saturated carbocycles. The van der Waals surface area contributed by atoms with Gasteiger partial charge >= 0.3 is 0 Å². The average Bonchev–Trinajstić information content (AvgIpc) is 2.69. The molecule has 0 unspecified atom stereocenters. The summed E-state index contributed by atoms with van der Waals surface area (Å²) in [7, 11) is 1.55. The van der Waals surface area contributed by atoms with Crippen molar-refractivity contribution in [2.45, 2.75) is 6.92 Å². The summed E-state index contributed by atoms with van der Waals surface area (Å²) in [6.45, 7) is 1.20. The molecule has 0 saturated heterocycles. The van der Waals surface area contributed by atoms with Crippen LogP contribution in [-0.2, 0) is 9.59 Å². The normalized spacial score (nSPS) is 10.8. The van der Waals surface area contributed by atoms with Crippen molar-refractivity contribution in [2.24, 2.45) is 5.10 Å². The van der Waals surface area contributed by atoms with Crippen molar-refractivity contribution >= 4 is 23.3 Å². The van der Waals surface area contributed by atoms with Crippen LogP contribution in [0.2, 0.25) is 0 Å². The smallest absolute Gasteiger partial charge is 0.259 e. The molecule has 27 heavy (non-hydrogen) atoms.